The van der Waals surface area contributed by atoms with Gasteiger partial charge in [-0.25, -0.2) is 23.5 Å². The molecule has 0 bridgehead atoms. The van der Waals surface area contributed by atoms with E-state index in [1.165, 1.54) is 0 Å². The van der Waals surface area contributed by atoms with Crippen molar-refractivity contribution in [1.29, 1.82) is 0 Å². The summed E-state index contributed by atoms with van der Waals surface area (Å²) in [5.74, 6) is 1.55. The second-order valence-electron chi connectivity index (χ2n) is 10.7. The summed E-state index contributed by atoms with van der Waals surface area (Å²) < 4.78 is 23.0. The van der Waals surface area contributed by atoms with Crippen molar-refractivity contribution < 1.29 is 24.0 Å². The van der Waals surface area contributed by atoms with Crippen LogP contribution in [0, 0.1) is 5.92 Å². The first-order valence-electron chi connectivity index (χ1n) is 14.1. The number of anilines is 1. The zero-order valence-corrected chi connectivity index (χ0v) is 27.1. The highest BCUT2D eigenvalue weighted by molar-refractivity contribution is 7.93. The molecule has 0 amide bonds. The number of piperidine rings is 1. The third kappa shape index (κ3) is 9.38. The average molecular weight is 686 g/mol. The fourth-order valence-electron chi connectivity index (χ4n) is 5.31. The molecular weight excluding hydrogens is 651 g/mol. The van der Waals surface area contributed by atoms with Gasteiger partial charge in [0.05, 0.1) is 41.0 Å². The summed E-state index contributed by atoms with van der Waals surface area (Å²) in [5, 5.41) is 19.1. The van der Waals surface area contributed by atoms with E-state index in [0.29, 0.717) is 64.5 Å². The lowest BCUT2D eigenvalue weighted by Crippen LogP contribution is -2.41. The van der Waals surface area contributed by atoms with Gasteiger partial charge in [-0.15, -0.1) is 12.4 Å². The van der Waals surface area contributed by atoms with Crippen LogP contribution in [0.5, 0.6) is 11.6 Å². The Kier molecular flexibility index (Phi) is 12.0. The number of pyridine rings is 1. The number of carbonyl (C=O) groups is 1. The van der Waals surface area contributed by atoms with E-state index < -0.39 is 15.7 Å². The van der Waals surface area contributed by atoms with Crippen molar-refractivity contribution in [2.75, 3.05) is 55.7 Å². The second kappa shape index (κ2) is 15.5. The first-order chi connectivity index (χ1) is 20.7. The number of hydrogen-bond acceptors (Lipinski definition) is 10. The van der Waals surface area contributed by atoms with Crippen LogP contribution in [0.2, 0.25) is 10.0 Å². The van der Waals surface area contributed by atoms with Crippen molar-refractivity contribution in [3.8, 4) is 22.9 Å². The molecule has 3 aromatic rings. The van der Waals surface area contributed by atoms with Crippen molar-refractivity contribution >= 4 is 57.3 Å². The Labute approximate surface area is 273 Å². The van der Waals surface area contributed by atoms with Gasteiger partial charge in [-0.1, -0.05) is 23.2 Å². The fourth-order valence-corrected chi connectivity index (χ4v) is 7.72. The number of carboxylic acid groups (broad SMARTS) is 1. The van der Waals surface area contributed by atoms with Gasteiger partial charge >= 0.3 is 5.97 Å². The average Bonchev–Trinajstić information content (AvgIpc) is 2.97. The summed E-state index contributed by atoms with van der Waals surface area (Å²) in [4.78, 5) is 29.0. The van der Waals surface area contributed by atoms with Crippen LogP contribution in [0.15, 0.2) is 47.1 Å². The van der Waals surface area contributed by atoms with Crippen molar-refractivity contribution in [1.82, 2.24) is 19.9 Å². The minimum absolute atomic E-state index is 0. The van der Waals surface area contributed by atoms with Crippen molar-refractivity contribution in [2.24, 2.45) is 10.3 Å². The van der Waals surface area contributed by atoms with Crippen LogP contribution in [-0.4, -0.2) is 91.1 Å². The second-order valence-corrected chi connectivity index (χ2v) is 14.2. The summed E-state index contributed by atoms with van der Waals surface area (Å²) in [6.45, 7) is 3.38. The van der Waals surface area contributed by atoms with Gasteiger partial charge in [-0.2, -0.15) is 0 Å². The van der Waals surface area contributed by atoms with E-state index in [-0.39, 0.29) is 37.9 Å². The SMILES string of the molecule is Cl.O=C(O)CC1CCN(Cc2cc(Oc3cnc(N4CCS(=O)(=NCCO)CC4)nc3)nc(-c3cc(Cl)cc(Cl)c3)c2)CC1. The quantitative estimate of drug-likeness (QED) is 0.299. The molecule has 2 N–H and O–H groups in total. The molecule has 0 unspecified atom stereocenters. The Balaban J connectivity index is 0.00000442. The van der Waals surface area contributed by atoms with Gasteiger partial charge in [0.1, 0.15) is 0 Å². The number of benzene rings is 1. The molecule has 15 heteroatoms. The van der Waals surface area contributed by atoms with Gasteiger partial charge in [-0.05, 0) is 61.7 Å². The van der Waals surface area contributed by atoms with Crippen LogP contribution in [0.25, 0.3) is 11.3 Å². The fraction of sp³-hybridized carbons (Fsp3) is 0.448. The number of halogens is 3. The van der Waals surface area contributed by atoms with E-state index in [0.717, 1.165) is 37.1 Å². The van der Waals surface area contributed by atoms with Crippen LogP contribution < -0.4 is 9.64 Å². The molecule has 0 saturated carbocycles. The molecule has 2 aliphatic heterocycles. The van der Waals surface area contributed by atoms with E-state index in [9.17, 15) is 9.00 Å². The molecule has 238 valence electrons. The molecular formula is C29H35Cl3N6O5S. The topological polar surface area (TPSA) is 141 Å². The summed E-state index contributed by atoms with van der Waals surface area (Å²) in [7, 11) is -2.31. The van der Waals surface area contributed by atoms with Gasteiger partial charge in [0.25, 0.3) is 0 Å². The Morgan fingerprint density at radius 2 is 1.68 bits per heavy atom. The first-order valence-corrected chi connectivity index (χ1v) is 16.7. The number of aliphatic carboxylic acids is 1. The maximum Gasteiger partial charge on any atom is 0.303 e. The summed E-state index contributed by atoms with van der Waals surface area (Å²) >= 11 is 12.6. The molecule has 1 aromatic carbocycles. The summed E-state index contributed by atoms with van der Waals surface area (Å²) in [5.41, 5.74) is 2.39. The summed E-state index contributed by atoms with van der Waals surface area (Å²) in [6, 6.07) is 9.13. The number of aliphatic hydroxyl groups excluding tert-OH is 1. The van der Waals surface area contributed by atoms with Crippen molar-refractivity contribution in [3.05, 3.63) is 58.3 Å². The maximum atomic E-state index is 12.8. The van der Waals surface area contributed by atoms with Crippen molar-refractivity contribution in [3.63, 3.8) is 0 Å². The number of rotatable bonds is 10. The van der Waals surface area contributed by atoms with E-state index in [4.69, 9.17) is 43.1 Å². The first kappa shape index (κ1) is 34.1. The Hall–Kier alpha value is -2.74. The van der Waals surface area contributed by atoms with Gasteiger partial charge in [0.2, 0.25) is 11.8 Å². The van der Waals surface area contributed by atoms with Gasteiger partial charge in [0.15, 0.2) is 5.75 Å². The predicted molar refractivity (Wildman–Crippen MR) is 174 cm³/mol. The largest absolute Gasteiger partial charge is 0.481 e. The number of likely N-dealkylation sites (tertiary alicyclic amines) is 1. The van der Waals surface area contributed by atoms with E-state index in [2.05, 4.69) is 19.2 Å². The zero-order chi connectivity index (χ0) is 30.4. The lowest BCUT2D eigenvalue weighted by atomic mass is 9.93. The molecule has 2 aliphatic rings. The highest BCUT2D eigenvalue weighted by Gasteiger charge is 2.23. The number of aliphatic hydroxyl groups is 1. The van der Waals surface area contributed by atoms with Crippen LogP contribution in [0.4, 0.5) is 5.95 Å². The molecule has 0 aliphatic carbocycles. The number of hydrogen-bond donors (Lipinski definition) is 2. The summed E-state index contributed by atoms with van der Waals surface area (Å²) in [6.07, 6.45) is 5.06. The normalized spacial score (nSPS) is 17.1. The molecule has 4 heterocycles. The molecule has 2 aromatic heterocycles. The van der Waals surface area contributed by atoms with Crippen LogP contribution in [-0.2, 0) is 21.1 Å². The molecule has 5 rings (SSSR count). The number of ether oxygens (including phenoxy) is 1. The van der Waals surface area contributed by atoms with E-state index >= 15 is 0 Å². The number of carboxylic acids is 1. The molecule has 2 saturated heterocycles. The van der Waals surface area contributed by atoms with E-state index in [1.807, 2.05) is 17.0 Å². The molecule has 2 fully saturated rings. The highest BCUT2D eigenvalue weighted by Crippen LogP contribution is 2.31. The predicted octanol–water partition coefficient (Wildman–Crippen LogP) is 5.03. The third-order valence-electron chi connectivity index (χ3n) is 7.50. The molecule has 0 spiro atoms. The lowest BCUT2D eigenvalue weighted by Gasteiger charge is -2.31. The Morgan fingerprint density at radius 3 is 2.30 bits per heavy atom. The zero-order valence-electron chi connectivity index (χ0n) is 24.0. The minimum atomic E-state index is -2.31. The van der Waals surface area contributed by atoms with Crippen LogP contribution >= 0.6 is 35.6 Å². The lowest BCUT2D eigenvalue weighted by molar-refractivity contribution is -0.138. The smallest absolute Gasteiger partial charge is 0.303 e. The minimum Gasteiger partial charge on any atom is -0.481 e. The van der Waals surface area contributed by atoms with E-state index in [1.54, 1.807) is 30.6 Å². The molecule has 0 radical (unpaired) electrons. The standard InChI is InChI=1S/C29H34Cl2N6O5S.ClH/c30-23-14-22(15-24(31)16-23)26-11-21(19-36-4-1-20(2-5-36)13-28(39)40)12-27(35-26)42-25-17-32-29(33-18-25)37-6-9-43(41,10-7-37)34-3-8-38;/h11-12,14-18,20,38H,1-10,13,19H2,(H,39,40);1H. The number of aromatic nitrogens is 3. The monoisotopic (exact) mass is 684 g/mol. The Morgan fingerprint density at radius 1 is 1.02 bits per heavy atom. The van der Waals surface area contributed by atoms with Gasteiger partial charge in [0, 0.05) is 59.2 Å². The van der Waals surface area contributed by atoms with Gasteiger partial charge < -0.3 is 19.8 Å². The van der Waals surface area contributed by atoms with Crippen molar-refractivity contribution in [2.45, 2.75) is 25.8 Å². The maximum absolute atomic E-state index is 12.8. The molecule has 0 atom stereocenters. The van der Waals surface area contributed by atoms with Crippen LogP contribution in [0.3, 0.4) is 0 Å². The van der Waals surface area contributed by atoms with Crippen LogP contribution in [0.1, 0.15) is 24.8 Å². The Bertz CT molecular complexity index is 1530. The van der Waals surface area contributed by atoms with Gasteiger partial charge in [-0.3, -0.25) is 9.69 Å². The third-order valence-corrected chi connectivity index (χ3v) is 10.2. The molecule has 44 heavy (non-hydrogen) atoms. The number of nitrogens with zero attached hydrogens (tertiary/aromatic N) is 6. The molecule has 11 nitrogen and oxygen atoms in total. The highest BCUT2D eigenvalue weighted by atomic mass is 35.5.